The van der Waals surface area contributed by atoms with Crippen molar-refractivity contribution in [2.45, 2.75) is 46.1 Å². The topological polar surface area (TPSA) is 74.8 Å². The molecule has 0 aliphatic carbocycles. The number of anilines is 1. The Balaban J connectivity index is 1.39. The Morgan fingerprint density at radius 1 is 0.927 bits per heavy atom. The summed E-state index contributed by atoms with van der Waals surface area (Å²) < 4.78 is 47.5. The molecule has 0 amide bonds. The van der Waals surface area contributed by atoms with Crippen molar-refractivity contribution in [1.82, 2.24) is 4.90 Å². The normalized spacial score (nSPS) is 14.5. The number of nitrogens with one attached hydrogen (secondary N) is 1. The second-order valence-corrected chi connectivity index (χ2v) is 11.4. The highest BCUT2D eigenvalue weighted by Crippen LogP contribution is 2.29. The van der Waals surface area contributed by atoms with Gasteiger partial charge in [0.25, 0.3) is 0 Å². The van der Waals surface area contributed by atoms with Crippen LogP contribution >= 0.6 is 0 Å². The van der Waals surface area contributed by atoms with E-state index in [0.29, 0.717) is 36.3 Å². The molecule has 1 fully saturated rings. The largest absolute Gasteiger partial charge is 0.573 e. The number of nitrogens with zero attached hydrogens (tertiary/aromatic N) is 2. The Kier molecular flexibility index (Phi) is 9.81. The number of nitrogens with two attached hydrogens (primary N) is 1. The molecular weight excluding hydrogens is 529 g/mol. The lowest BCUT2D eigenvalue weighted by molar-refractivity contribution is -0.274. The van der Waals surface area contributed by atoms with Gasteiger partial charge in [-0.3, -0.25) is 5.41 Å². The average molecular weight is 569 g/mol. The number of ether oxygens (including phenoxy) is 2. The Labute approximate surface area is 240 Å². The molecule has 0 saturated carbocycles. The highest BCUT2D eigenvalue weighted by Gasteiger charge is 2.31. The third-order valence-electron chi connectivity index (χ3n) is 7.36. The van der Waals surface area contributed by atoms with E-state index in [1.165, 1.54) is 23.8 Å². The van der Waals surface area contributed by atoms with Crippen LogP contribution in [0, 0.1) is 16.7 Å². The highest BCUT2D eigenvalue weighted by atomic mass is 19.4. The monoisotopic (exact) mass is 568 g/mol. The lowest BCUT2D eigenvalue weighted by atomic mass is 9.90. The summed E-state index contributed by atoms with van der Waals surface area (Å²) in [5.41, 5.74) is 8.62. The Morgan fingerprint density at radius 2 is 1.59 bits per heavy atom. The van der Waals surface area contributed by atoms with E-state index >= 15 is 0 Å². The van der Waals surface area contributed by atoms with Crippen molar-refractivity contribution in [3.05, 3.63) is 90.0 Å². The van der Waals surface area contributed by atoms with Gasteiger partial charge in [0.2, 0.25) is 0 Å². The standard InChI is InChI=1S/C32H39F3N4O2/c1-31(2,22-36)23-39(30(37)38-17-15-25(16-18-38)19-24-7-4-3-5-8-24)27-11-13-28(14-12-27)40-21-26-9-6-10-29(20-26)41-32(33,34)35/h3-14,20,25,37H,15-19,21-23,36H2,1-2H3. The minimum Gasteiger partial charge on any atom is -0.489 e. The van der Waals surface area contributed by atoms with E-state index in [1.807, 2.05) is 35.2 Å². The van der Waals surface area contributed by atoms with Gasteiger partial charge in [0.05, 0.1) is 0 Å². The highest BCUT2D eigenvalue weighted by molar-refractivity contribution is 5.94. The molecule has 6 nitrogen and oxygen atoms in total. The Hall–Kier alpha value is -3.72. The van der Waals surface area contributed by atoms with Gasteiger partial charge in [-0.25, -0.2) is 0 Å². The van der Waals surface area contributed by atoms with Gasteiger partial charge >= 0.3 is 6.36 Å². The summed E-state index contributed by atoms with van der Waals surface area (Å²) >= 11 is 0. The van der Waals surface area contributed by atoms with E-state index < -0.39 is 6.36 Å². The second-order valence-electron chi connectivity index (χ2n) is 11.4. The fourth-order valence-corrected chi connectivity index (χ4v) is 4.97. The van der Waals surface area contributed by atoms with Crippen molar-refractivity contribution in [3.63, 3.8) is 0 Å². The number of alkyl halides is 3. The molecule has 0 aromatic heterocycles. The third-order valence-corrected chi connectivity index (χ3v) is 7.36. The molecule has 220 valence electrons. The van der Waals surface area contributed by atoms with Gasteiger partial charge < -0.3 is 25.0 Å². The molecule has 1 saturated heterocycles. The maximum atomic E-state index is 12.5. The van der Waals surface area contributed by atoms with Gasteiger partial charge in [-0.2, -0.15) is 0 Å². The smallest absolute Gasteiger partial charge is 0.489 e. The number of hydrogen-bond donors (Lipinski definition) is 2. The quantitative estimate of drug-likeness (QED) is 0.207. The predicted octanol–water partition coefficient (Wildman–Crippen LogP) is 6.84. The zero-order chi connectivity index (χ0) is 29.5. The van der Waals surface area contributed by atoms with Crippen LogP contribution in [0.4, 0.5) is 18.9 Å². The fraction of sp³-hybridized carbons (Fsp3) is 0.406. The van der Waals surface area contributed by atoms with Gasteiger partial charge in [0.15, 0.2) is 5.96 Å². The molecular formula is C32H39F3N4O2. The molecule has 0 unspecified atom stereocenters. The van der Waals surface area contributed by atoms with E-state index in [2.05, 4.69) is 47.7 Å². The lowest BCUT2D eigenvalue weighted by Gasteiger charge is -2.40. The summed E-state index contributed by atoms with van der Waals surface area (Å²) in [7, 11) is 0. The summed E-state index contributed by atoms with van der Waals surface area (Å²) in [5.74, 6) is 1.35. The molecule has 0 bridgehead atoms. The number of benzene rings is 3. The van der Waals surface area contributed by atoms with Crippen molar-refractivity contribution < 1.29 is 22.6 Å². The van der Waals surface area contributed by atoms with E-state index in [9.17, 15) is 13.2 Å². The first-order valence-electron chi connectivity index (χ1n) is 13.9. The molecule has 4 rings (SSSR count). The number of rotatable bonds is 10. The van der Waals surface area contributed by atoms with Crippen LogP contribution in [0.5, 0.6) is 11.5 Å². The molecule has 0 spiro atoms. The average Bonchev–Trinajstić information content (AvgIpc) is 2.95. The molecule has 1 aliphatic heterocycles. The summed E-state index contributed by atoms with van der Waals surface area (Å²) in [6.07, 6.45) is -1.61. The lowest BCUT2D eigenvalue weighted by Crippen LogP contribution is -2.51. The van der Waals surface area contributed by atoms with Crippen LogP contribution in [0.15, 0.2) is 78.9 Å². The summed E-state index contributed by atoms with van der Waals surface area (Å²) in [5, 5.41) is 9.14. The van der Waals surface area contributed by atoms with Crippen LogP contribution in [-0.2, 0) is 13.0 Å². The first kappa shape index (κ1) is 30.2. The SMILES string of the molecule is CC(C)(CN)CN(C(=N)N1CCC(Cc2ccccc2)CC1)c1ccc(OCc2cccc(OC(F)(F)F)c2)cc1. The molecule has 9 heteroatoms. The zero-order valence-corrected chi connectivity index (χ0v) is 23.7. The van der Waals surface area contributed by atoms with Gasteiger partial charge in [-0.05, 0) is 84.7 Å². The molecule has 41 heavy (non-hydrogen) atoms. The van der Waals surface area contributed by atoms with Crippen molar-refractivity contribution in [1.29, 1.82) is 5.41 Å². The molecule has 1 aliphatic rings. The maximum Gasteiger partial charge on any atom is 0.573 e. The minimum atomic E-state index is -4.74. The van der Waals surface area contributed by atoms with Crippen LogP contribution < -0.4 is 20.1 Å². The third kappa shape index (κ3) is 9.14. The fourth-order valence-electron chi connectivity index (χ4n) is 4.97. The summed E-state index contributed by atoms with van der Waals surface area (Å²) in [6, 6.07) is 23.7. The minimum absolute atomic E-state index is 0.0894. The maximum absolute atomic E-state index is 12.5. The van der Waals surface area contributed by atoms with E-state index in [0.717, 1.165) is 38.0 Å². The number of hydrogen-bond acceptors (Lipinski definition) is 4. The van der Waals surface area contributed by atoms with Crippen molar-refractivity contribution in [3.8, 4) is 11.5 Å². The van der Waals surface area contributed by atoms with Crippen LogP contribution in [0.1, 0.15) is 37.8 Å². The van der Waals surface area contributed by atoms with Crippen LogP contribution in [0.25, 0.3) is 0 Å². The van der Waals surface area contributed by atoms with Crippen molar-refractivity contribution >= 4 is 11.6 Å². The number of halogens is 3. The molecule has 0 atom stereocenters. The molecule has 1 heterocycles. The van der Waals surface area contributed by atoms with Gasteiger partial charge in [0, 0.05) is 25.3 Å². The van der Waals surface area contributed by atoms with E-state index in [-0.39, 0.29) is 17.8 Å². The molecule has 3 aromatic rings. The second kappa shape index (κ2) is 13.3. The first-order valence-corrected chi connectivity index (χ1v) is 13.9. The van der Waals surface area contributed by atoms with Crippen LogP contribution in [0.3, 0.4) is 0 Å². The van der Waals surface area contributed by atoms with E-state index in [1.54, 1.807) is 6.07 Å². The Bertz CT molecular complexity index is 1260. The molecule has 3 N–H and O–H groups in total. The predicted molar refractivity (Wildman–Crippen MR) is 156 cm³/mol. The molecule has 0 radical (unpaired) electrons. The first-order chi connectivity index (χ1) is 19.5. The summed E-state index contributed by atoms with van der Waals surface area (Å²) in [4.78, 5) is 4.15. The van der Waals surface area contributed by atoms with Gasteiger partial charge in [-0.1, -0.05) is 56.3 Å². The number of piperidine rings is 1. The van der Waals surface area contributed by atoms with Gasteiger partial charge in [-0.15, -0.1) is 13.2 Å². The van der Waals surface area contributed by atoms with Crippen molar-refractivity contribution in [2.24, 2.45) is 17.1 Å². The zero-order valence-electron chi connectivity index (χ0n) is 23.7. The number of guanidine groups is 1. The van der Waals surface area contributed by atoms with Gasteiger partial charge in [0.1, 0.15) is 18.1 Å². The summed E-state index contributed by atoms with van der Waals surface area (Å²) in [6.45, 7) is 6.99. The van der Waals surface area contributed by atoms with Crippen molar-refractivity contribution in [2.75, 3.05) is 31.1 Å². The van der Waals surface area contributed by atoms with E-state index in [4.69, 9.17) is 15.9 Å². The number of likely N-dealkylation sites (tertiary alicyclic amines) is 1. The van der Waals surface area contributed by atoms with Crippen LogP contribution in [0.2, 0.25) is 0 Å². The van der Waals surface area contributed by atoms with Crippen LogP contribution in [-0.4, -0.2) is 43.4 Å². The molecule has 3 aromatic carbocycles. The Morgan fingerprint density at radius 3 is 2.22 bits per heavy atom.